The molecule has 5 nitrogen and oxygen atoms in total. The van der Waals surface area contributed by atoms with Crippen molar-refractivity contribution in [2.75, 3.05) is 13.6 Å². The number of nitrogens with zero attached hydrogens (tertiary/aromatic N) is 1. The quantitative estimate of drug-likeness (QED) is 0.864. The molecule has 0 aliphatic carbocycles. The SMILES string of the molecule is CN1C2CCC1CC(CNC(=O)c1cc[nH]c(=O)c1)C2. The topological polar surface area (TPSA) is 65.2 Å². The maximum absolute atomic E-state index is 12.0. The lowest BCUT2D eigenvalue weighted by atomic mass is 9.91. The zero-order valence-electron chi connectivity index (χ0n) is 11.8. The first-order chi connectivity index (χ1) is 9.63. The summed E-state index contributed by atoms with van der Waals surface area (Å²) >= 11 is 0. The Balaban J connectivity index is 1.55. The van der Waals surface area contributed by atoms with Crippen molar-refractivity contribution >= 4 is 5.91 Å². The number of fused-ring (bicyclic) bond motifs is 2. The van der Waals surface area contributed by atoms with Gasteiger partial charge in [-0.3, -0.25) is 9.59 Å². The van der Waals surface area contributed by atoms with Crippen LogP contribution in [0.5, 0.6) is 0 Å². The van der Waals surface area contributed by atoms with Crippen molar-refractivity contribution in [1.29, 1.82) is 0 Å². The Morgan fingerprint density at radius 3 is 2.75 bits per heavy atom. The number of carbonyl (C=O) groups is 1. The van der Waals surface area contributed by atoms with Crippen LogP contribution in [0.1, 0.15) is 36.0 Å². The Hall–Kier alpha value is -1.62. The minimum atomic E-state index is -0.241. The molecule has 1 aromatic heterocycles. The van der Waals surface area contributed by atoms with E-state index in [0.29, 0.717) is 30.1 Å². The smallest absolute Gasteiger partial charge is 0.251 e. The molecular formula is C15H21N3O2. The normalized spacial score (nSPS) is 29.4. The van der Waals surface area contributed by atoms with E-state index < -0.39 is 0 Å². The summed E-state index contributed by atoms with van der Waals surface area (Å²) in [4.78, 5) is 28.2. The Morgan fingerprint density at radius 1 is 1.40 bits per heavy atom. The van der Waals surface area contributed by atoms with Gasteiger partial charge in [-0.25, -0.2) is 0 Å². The van der Waals surface area contributed by atoms with Crippen LogP contribution in [-0.2, 0) is 0 Å². The molecule has 5 heteroatoms. The van der Waals surface area contributed by atoms with Gasteiger partial charge in [0.1, 0.15) is 0 Å². The number of pyridine rings is 1. The number of piperidine rings is 1. The van der Waals surface area contributed by atoms with Gasteiger partial charge < -0.3 is 15.2 Å². The summed E-state index contributed by atoms with van der Waals surface area (Å²) in [5.41, 5.74) is 0.194. The van der Waals surface area contributed by atoms with Crippen LogP contribution in [0, 0.1) is 5.92 Å². The van der Waals surface area contributed by atoms with Crippen molar-refractivity contribution in [1.82, 2.24) is 15.2 Å². The van der Waals surface area contributed by atoms with Crippen LogP contribution in [0.4, 0.5) is 0 Å². The molecule has 0 radical (unpaired) electrons. The maximum atomic E-state index is 12.0. The monoisotopic (exact) mass is 275 g/mol. The lowest BCUT2D eigenvalue weighted by Gasteiger charge is -2.36. The molecule has 2 unspecified atom stereocenters. The molecule has 2 fully saturated rings. The Bertz CT molecular complexity index is 540. The first-order valence-corrected chi connectivity index (χ1v) is 7.32. The second kappa shape index (κ2) is 5.40. The summed E-state index contributed by atoms with van der Waals surface area (Å²) in [6.07, 6.45) is 6.43. The molecule has 20 heavy (non-hydrogen) atoms. The second-order valence-corrected chi connectivity index (χ2v) is 6.04. The Morgan fingerprint density at radius 2 is 2.10 bits per heavy atom. The standard InChI is InChI=1S/C15H21N3O2/c1-18-12-2-3-13(18)7-10(6-12)9-17-15(20)11-4-5-16-14(19)8-11/h4-5,8,10,12-13H,2-3,6-7,9H2,1H3,(H,16,19)(H,17,20). The molecule has 2 saturated heterocycles. The largest absolute Gasteiger partial charge is 0.352 e. The summed E-state index contributed by atoms with van der Waals surface area (Å²) in [5, 5.41) is 2.97. The van der Waals surface area contributed by atoms with E-state index in [1.54, 1.807) is 6.07 Å². The van der Waals surface area contributed by atoms with Gasteiger partial charge in [-0.15, -0.1) is 0 Å². The highest BCUT2D eigenvalue weighted by atomic mass is 16.2. The zero-order valence-corrected chi connectivity index (χ0v) is 11.8. The van der Waals surface area contributed by atoms with Crippen LogP contribution in [0.15, 0.2) is 23.1 Å². The van der Waals surface area contributed by atoms with Crippen molar-refractivity contribution < 1.29 is 4.79 Å². The molecular weight excluding hydrogens is 254 g/mol. The van der Waals surface area contributed by atoms with Crippen molar-refractivity contribution in [3.05, 3.63) is 34.2 Å². The molecule has 3 rings (SSSR count). The van der Waals surface area contributed by atoms with Gasteiger partial charge >= 0.3 is 0 Å². The highest BCUT2D eigenvalue weighted by Gasteiger charge is 2.38. The molecule has 108 valence electrons. The minimum absolute atomic E-state index is 0.151. The minimum Gasteiger partial charge on any atom is -0.352 e. The highest BCUT2D eigenvalue weighted by molar-refractivity contribution is 5.93. The molecule has 0 spiro atoms. The molecule has 1 aromatic rings. The van der Waals surface area contributed by atoms with Crippen LogP contribution in [0.2, 0.25) is 0 Å². The lowest BCUT2D eigenvalue weighted by molar-refractivity contribution is 0.0917. The molecule has 2 aliphatic heterocycles. The van der Waals surface area contributed by atoms with Gasteiger partial charge in [-0.05, 0) is 44.7 Å². The van der Waals surface area contributed by atoms with Gasteiger partial charge in [0.25, 0.3) is 5.91 Å². The number of H-pyrrole nitrogens is 1. The van der Waals surface area contributed by atoms with Gasteiger partial charge in [-0.1, -0.05) is 0 Å². The van der Waals surface area contributed by atoms with E-state index in [1.807, 2.05) is 0 Å². The van der Waals surface area contributed by atoms with Gasteiger partial charge in [0, 0.05) is 36.5 Å². The fourth-order valence-corrected chi connectivity index (χ4v) is 3.62. The summed E-state index contributed by atoms with van der Waals surface area (Å²) in [7, 11) is 2.22. The molecule has 0 aromatic carbocycles. The number of aromatic amines is 1. The Labute approximate surface area is 118 Å². The van der Waals surface area contributed by atoms with Crippen LogP contribution in [0.25, 0.3) is 0 Å². The third-order valence-corrected chi connectivity index (χ3v) is 4.78. The number of nitrogens with one attached hydrogen (secondary N) is 2. The van der Waals surface area contributed by atoms with Crippen molar-refractivity contribution in [2.24, 2.45) is 5.92 Å². The van der Waals surface area contributed by atoms with E-state index in [4.69, 9.17) is 0 Å². The number of aromatic nitrogens is 1. The van der Waals surface area contributed by atoms with E-state index in [-0.39, 0.29) is 11.5 Å². The van der Waals surface area contributed by atoms with Crippen molar-refractivity contribution in [3.63, 3.8) is 0 Å². The van der Waals surface area contributed by atoms with E-state index in [9.17, 15) is 9.59 Å². The molecule has 2 atom stereocenters. The first kappa shape index (κ1) is 13.4. The third kappa shape index (κ3) is 2.63. The van der Waals surface area contributed by atoms with E-state index in [2.05, 4.69) is 22.2 Å². The van der Waals surface area contributed by atoms with Crippen LogP contribution in [-0.4, -0.2) is 41.5 Å². The summed E-state index contributed by atoms with van der Waals surface area (Å²) in [6.45, 7) is 0.715. The summed E-state index contributed by atoms with van der Waals surface area (Å²) in [6, 6.07) is 4.35. The molecule has 3 heterocycles. The zero-order chi connectivity index (χ0) is 14.1. The van der Waals surface area contributed by atoms with Gasteiger partial charge in [0.05, 0.1) is 0 Å². The Kier molecular flexibility index (Phi) is 3.61. The number of hydrogen-bond donors (Lipinski definition) is 2. The fourth-order valence-electron chi connectivity index (χ4n) is 3.62. The third-order valence-electron chi connectivity index (χ3n) is 4.78. The number of rotatable bonds is 3. The van der Waals surface area contributed by atoms with E-state index >= 15 is 0 Å². The van der Waals surface area contributed by atoms with Crippen molar-refractivity contribution in [3.8, 4) is 0 Å². The highest BCUT2D eigenvalue weighted by Crippen LogP contribution is 2.36. The molecule has 2 aliphatic rings. The van der Waals surface area contributed by atoms with E-state index in [1.165, 1.54) is 37.9 Å². The fraction of sp³-hybridized carbons (Fsp3) is 0.600. The second-order valence-electron chi connectivity index (χ2n) is 6.04. The average Bonchev–Trinajstić information content (AvgIpc) is 2.66. The number of carbonyl (C=O) groups excluding carboxylic acids is 1. The first-order valence-electron chi connectivity index (χ1n) is 7.32. The molecule has 1 amide bonds. The van der Waals surface area contributed by atoms with Crippen LogP contribution < -0.4 is 10.9 Å². The van der Waals surface area contributed by atoms with Gasteiger partial charge in [0.15, 0.2) is 0 Å². The van der Waals surface area contributed by atoms with Gasteiger partial charge in [0.2, 0.25) is 5.56 Å². The average molecular weight is 275 g/mol. The predicted molar refractivity (Wildman–Crippen MR) is 76.7 cm³/mol. The molecule has 2 bridgehead atoms. The predicted octanol–water partition coefficient (Wildman–Crippen LogP) is 0.977. The molecule has 2 N–H and O–H groups in total. The molecule has 0 saturated carbocycles. The van der Waals surface area contributed by atoms with Crippen molar-refractivity contribution in [2.45, 2.75) is 37.8 Å². The maximum Gasteiger partial charge on any atom is 0.251 e. The van der Waals surface area contributed by atoms with Crippen LogP contribution >= 0.6 is 0 Å². The number of hydrogen-bond acceptors (Lipinski definition) is 3. The van der Waals surface area contributed by atoms with E-state index in [0.717, 1.165) is 0 Å². The van der Waals surface area contributed by atoms with Gasteiger partial charge in [-0.2, -0.15) is 0 Å². The number of amides is 1. The summed E-state index contributed by atoms with van der Waals surface area (Å²) < 4.78 is 0. The lowest BCUT2D eigenvalue weighted by Crippen LogP contribution is -2.43. The summed E-state index contributed by atoms with van der Waals surface area (Å²) in [5.74, 6) is 0.414. The van der Waals surface area contributed by atoms with Crippen LogP contribution in [0.3, 0.4) is 0 Å².